The molecule has 0 fully saturated rings. The minimum absolute atomic E-state index is 0.104. The van der Waals surface area contributed by atoms with Gasteiger partial charge in [-0.2, -0.15) is 19.1 Å². The van der Waals surface area contributed by atoms with E-state index >= 15 is 0 Å². The monoisotopic (exact) mass is 308 g/mol. The van der Waals surface area contributed by atoms with Gasteiger partial charge in [-0.05, 0) is 30.9 Å². The number of amides is 1. The van der Waals surface area contributed by atoms with Crippen LogP contribution in [-0.2, 0) is 12.8 Å². The van der Waals surface area contributed by atoms with E-state index in [1.165, 1.54) is 17.4 Å². The summed E-state index contributed by atoms with van der Waals surface area (Å²) in [4.78, 5) is 13.1. The number of carbonyl (C=O) groups excluding carboxylic acids is 1. The van der Waals surface area contributed by atoms with Crippen molar-refractivity contribution in [3.8, 4) is 6.07 Å². The fraction of sp³-hybridized carbons (Fsp3) is 0.308. The molecule has 3 rings (SSSR count). The fourth-order valence-electron chi connectivity index (χ4n) is 2.35. The molecule has 0 bridgehead atoms. The Morgan fingerprint density at radius 2 is 2.33 bits per heavy atom. The number of halogens is 2. The number of aryl methyl sites for hydroxylation is 1. The summed E-state index contributed by atoms with van der Waals surface area (Å²) in [6.45, 7) is -2.79. The van der Waals surface area contributed by atoms with Crippen molar-refractivity contribution >= 4 is 22.2 Å². The van der Waals surface area contributed by atoms with Gasteiger partial charge in [0.25, 0.3) is 5.91 Å². The molecule has 0 unspecified atom stereocenters. The van der Waals surface area contributed by atoms with E-state index in [4.69, 9.17) is 0 Å². The zero-order valence-corrected chi connectivity index (χ0v) is 11.6. The third-order valence-electron chi connectivity index (χ3n) is 3.30. The zero-order valence-electron chi connectivity index (χ0n) is 10.8. The van der Waals surface area contributed by atoms with Crippen molar-refractivity contribution in [2.45, 2.75) is 25.8 Å². The number of thiophene rings is 1. The predicted octanol–water partition coefficient (Wildman–Crippen LogP) is 2.95. The summed E-state index contributed by atoms with van der Waals surface area (Å²) in [5, 5.41) is 15.8. The summed E-state index contributed by atoms with van der Waals surface area (Å²) in [6, 6.07) is 3.32. The fourth-order valence-corrected chi connectivity index (χ4v) is 3.58. The van der Waals surface area contributed by atoms with Crippen LogP contribution in [0.25, 0.3) is 0 Å². The molecule has 8 heteroatoms. The van der Waals surface area contributed by atoms with E-state index in [1.807, 2.05) is 0 Å². The van der Waals surface area contributed by atoms with Crippen LogP contribution >= 0.6 is 11.3 Å². The van der Waals surface area contributed by atoms with Crippen molar-refractivity contribution in [2.75, 3.05) is 5.32 Å². The van der Waals surface area contributed by atoms with Gasteiger partial charge in [0.15, 0.2) is 5.69 Å². The van der Waals surface area contributed by atoms with Crippen molar-refractivity contribution < 1.29 is 13.6 Å². The Bertz CT molecular complexity index is 744. The van der Waals surface area contributed by atoms with E-state index in [-0.39, 0.29) is 5.69 Å². The van der Waals surface area contributed by atoms with E-state index in [9.17, 15) is 18.8 Å². The van der Waals surface area contributed by atoms with Crippen molar-refractivity contribution in [1.82, 2.24) is 9.78 Å². The predicted molar refractivity (Wildman–Crippen MR) is 72.5 cm³/mol. The molecule has 2 aromatic rings. The highest BCUT2D eigenvalue weighted by Crippen LogP contribution is 2.38. The molecule has 0 radical (unpaired) electrons. The van der Waals surface area contributed by atoms with Crippen LogP contribution in [0, 0.1) is 11.3 Å². The quantitative estimate of drug-likeness (QED) is 0.947. The van der Waals surface area contributed by atoms with Crippen LogP contribution in [0.2, 0.25) is 0 Å². The Hall–Kier alpha value is -2.27. The van der Waals surface area contributed by atoms with Gasteiger partial charge in [-0.1, -0.05) is 0 Å². The molecular formula is C13H10F2N4OS. The SMILES string of the molecule is N#Cc1c(NC(=O)c2ccn(C(F)F)n2)sc2c1CCC2. The number of nitriles is 1. The standard InChI is InChI=1S/C13H10F2N4OS/c14-13(15)19-5-4-9(18-19)11(20)17-12-8(6-16)7-2-1-3-10(7)21-12/h4-5,13H,1-3H2,(H,17,20). The summed E-state index contributed by atoms with van der Waals surface area (Å²) >= 11 is 1.37. The molecular weight excluding hydrogens is 298 g/mol. The van der Waals surface area contributed by atoms with Crippen molar-refractivity contribution in [3.63, 3.8) is 0 Å². The number of anilines is 1. The first-order valence-corrected chi connectivity index (χ1v) is 7.11. The van der Waals surface area contributed by atoms with Crippen LogP contribution in [0.3, 0.4) is 0 Å². The molecule has 2 aromatic heterocycles. The number of nitrogens with zero attached hydrogens (tertiary/aromatic N) is 3. The number of hydrogen-bond donors (Lipinski definition) is 1. The molecule has 21 heavy (non-hydrogen) atoms. The lowest BCUT2D eigenvalue weighted by Gasteiger charge is -2.02. The maximum absolute atomic E-state index is 12.4. The molecule has 0 spiro atoms. The number of aromatic nitrogens is 2. The number of rotatable bonds is 3. The molecule has 5 nitrogen and oxygen atoms in total. The van der Waals surface area contributed by atoms with Crippen LogP contribution < -0.4 is 5.32 Å². The Balaban J connectivity index is 1.83. The Morgan fingerprint density at radius 3 is 3.00 bits per heavy atom. The Labute approximate surface area is 122 Å². The van der Waals surface area contributed by atoms with Crippen LogP contribution in [0.4, 0.5) is 13.8 Å². The van der Waals surface area contributed by atoms with Gasteiger partial charge in [0.2, 0.25) is 0 Å². The molecule has 0 saturated heterocycles. The highest BCUT2D eigenvalue weighted by Gasteiger charge is 2.24. The Morgan fingerprint density at radius 1 is 1.52 bits per heavy atom. The normalized spacial score (nSPS) is 13.2. The molecule has 1 aliphatic rings. The minimum atomic E-state index is -2.79. The van der Waals surface area contributed by atoms with Crippen molar-refractivity contribution in [3.05, 3.63) is 34.0 Å². The molecule has 2 heterocycles. The first kappa shape index (κ1) is 13.7. The topological polar surface area (TPSA) is 70.7 Å². The van der Waals surface area contributed by atoms with Gasteiger partial charge < -0.3 is 5.32 Å². The molecule has 1 amide bonds. The van der Waals surface area contributed by atoms with Crippen molar-refractivity contribution in [2.24, 2.45) is 0 Å². The second kappa shape index (κ2) is 5.26. The largest absolute Gasteiger partial charge is 0.333 e. The number of alkyl halides is 2. The van der Waals surface area contributed by atoms with Gasteiger partial charge in [-0.25, -0.2) is 4.68 Å². The Kier molecular flexibility index (Phi) is 3.43. The van der Waals surface area contributed by atoms with E-state index in [0.717, 1.165) is 35.9 Å². The number of hydrogen-bond acceptors (Lipinski definition) is 4. The smallest absolute Gasteiger partial charge is 0.311 e. The first-order chi connectivity index (χ1) is 10.1. The second-order valence-corrected chi connectivity index (χ2v) is 5.69. The van der Waals surface area contributed by atoms with Gasteiger partial charge >= 0.3 is 6.55 Å². The molecule has 1 N–H and O–H groups in total. The summed E-state index contributed by atoms with van der Waals surface area (Å²) in [5.74, 6) is -0.592. The number of fused-ring (bicyclic) bond motifs is 1. The van der Waals surface area contributed by atoms with E-state index < -0.39 is 12.5 Å². The van der Waals surface area contributed by atoms with Gasteiger partial charge in [-0.15, -0.1) is 11.3 Å². The molecule has 1 aliphatic carbocycles. The molecule has 108 valence electrons. The van der Waals surface area contributed by atoms with Crippen LogP contribution in [-0.4, -0.2) is 15.7 Å². The van der Waals surface area contributed by atoms with E-state index in [1.54, 1.807) is 0 Å². The average Bonchev–Trinajstić information content (AvgIpc) is 3.13. The summed E-state index contributed by atoms with van der Waals surface area (Å²) in [6.07, 6.45) is 3.80. The first-order valence-electron chi connectivity index (χ1n) is 6.29. The molecule has 0 aliphatic heterocycles. The molecule has 0 atom stereocenters. The maximum atomic E-state index is 12.4. The lowest BCUT2D eigenvalue weighted by atomic mass is 10.1. The van der Waals surface area contributed by atoms with Crippen LogP contribution in [0.1, 0.15) is 39.5 Å². The zero-order chi connectivity index (χ0) is 15.0. The molecule has 0 saturated carbocycles. The highest BCUT2D eigenvalue weighted by molar-refractivity contribution is 7.16. The summed E-state index contributed by atoms with van der Waals surface area (Å²) < 4.78 is 25.3. The van der Waals surface area contributed by atoms with Crippen LogP contribution in [0.5, 0.6) is 0 Å². The lowest BCUT2D eigenvalue weighted by molar-refractivity contribution is 0.0561. The summed E-state index contributed by atoms with van der Waals surface area (Å²) in [7, 11) is 0. The maximum Gasteiger partial charge on any atom is 0.333 e. The van der Waals surface area contributed by atoms with E-state index in [0.29, 0.717) is 15.2 Å². The lowest BCUT2D eigenvalue weighted by Crippen LogP contribution is -2.13. The second-order valence-electron chi connectivity index (χ2n) is 4.59. The van der Waals surface area contributed by atoms with Crippen molar-refractivity contribution in [1.29, 1.82) is 5.26 Å². The average molecular weight is 308 g/mol. The van der Waals surface area contributed by atoms with Crippen LogP contribution in [0.15, 0.2) is 12.3 Å². The highest BCUT2D eigenvalue weighted by atomic mass is 32.1. The van der Waals surface area contributed by atoms with Gasteiger partial charge in [-0.3, -0.25) is 4.79 Å². The van der Waals surface area contributed by atoms with Gasteiger partial charge in [0.05, 0.1) is 5.56 Å². The van der Waals surface area contributed by atoms with Gasteiger partial charge in [0.1, 0.15) is 11.1 Å². The molecule has 0 aromatic carbocycles. The third kappa shape index (κ3) is 2.40. The van der Waals surface area contributed by atoms with E-state index in [2.05, 4.69) is 16.5 Å². The van der Waals surface area contributed by atoms with Gasteiger partial charge in [0, 0.05) is 11.1 Å². The summed E-state index contributed by atoms with van der Waals surface area (Å²) in [5.41, 5.74) is 1.37. The number of carbonyl (C=O) groups is 1. The number of nitrogens with one attached hydrogen (secondary N) is 1. The minimum Gasteiger partial charge on any atom is -0.311 e. The third-order valence-corrected chi connectivity index (χ3v) is 4.51.